The van der Waals surface area contributed by atoms with Gasteiger partial charge in [0.05, 0.1) is 0 Å². The van der Waals surface area contributed by atoms with Gasteiger partial charge in [0, 0.05) is 12.1 Å². The van der Waals surface area contributed by atoms with Crippen LogP contribution >= 0.6 is 0 Å². The number of carbonyl (C=O) groups is 2. The fourth-order valence-corrected chi connectivity index (χ4v) is 2.65. The van der Waals surface area contributed by atoms with Crippen LogP contribution in [0.4, 0.5) is 10.1 Å². The number of aromatic nitrogens is 4. The summed E-state index contributed by atoms with van der Waals surface area (Å²) in [6, 6.07) is 12.8. The van der Waals surface area contributed by atoms with E-state index < -0.39 is 29.8 Å². The van der Waals surface area contributed by atoms with Gasteiger partial charge in [-0.1, -0.05) is 36.4 Å². The second-order valence-corrected chi connectivity index (χ2v) is 6.53. The first-order valence-corrected chi connectivity index (χ1v) is 8.98. The van der Waals surface area contributed by atoms with E-state index in [1.165, 1.54) is 24.0 Å². The first-order chi connectivity index (χ1) is 13.9. The maximum absolute atomic E-state index is 13.7. The first-order valence-electron chi connectivity index (χ1n) is 8.98. The van der Waals surface area contributed by atoms with Crippen LogP contribution in [0.25, 0.3) is 0 Å². The Hall–Kier alpha value is -3.62. The van der Waals surface area contributed by atoms with Crippen LogP contribution in [-0.4, -0.2) is 38.2 Å². The molecule has 3 aromatic rings. The van der Waals surface area contributed by atoms with Gasteiger partial charge in [0.1, 0.15) is 12.1 Å². The Bertz CT molecular complexity index is 979. The van der Waals surface area contributed by atoms with E-state index in [2.05, 4.69) is 20.8 Å². The molecule has 1 N–H and O–H groups in total. The Kier molecular flexibility index (Phi) is 6.28. The van der Waals surface area contributed by atoms with E-state index >= 15 is 0 Å². The summed E-state index contributed by atoms with van der Waals surface area (Å²) in [6.45, 7) is 3.06. The lowest BCUT2D eigenvalue weighted by Crippen LogP contribution is -2.34. The van der Waals surface area contributed by atoms with Crippen molar-refractivity contribution in [2.45, 2.75) is 32.4 Å². The molecule has 3 rings (SSSR count). The number of amides is 1. The van der Waals surface area contributed by atoms with Crippen molar-refractivity contribution in [3.63, 3.8) is 0 Å². The van der Waals surface area contributed by atoms with Crippen molar-refractivity contribution in [1.82, 2.24) is 20.2 Å². The number of rotatable bonds is 7. The zero-order valence-electron chi connectivity index (χ0n) is 15.9. The second-order valence-electron chi connectivity index (χ2n) is 6.53. The molecule has 0 radical (unpaired) electrons. The fourth-order valence-electron chi connectivity index (χ4n) is 2.65. The number of nitrogens with zero attached hydrogens (tertiary/aromatic N) is 4. The van der Waals surface area contributed by atoms with Crippen LogP contribution in [-0.2, 0) is 20.7 Å². The molecule has 0 saturated carbocycles. The van der Waals surface area contributed by atoms with Gasteiger partial charge >= 0.3 is 5.97 Å². The summed E-state index contributed by atoms with van der Waals surface area (Å²) in [5, 5.41) is 13.4. The quantitative estimate of drug-likeness (QED) is 0.615. The number of halogens is 1. The molecule has 0 bridgehead atoms. The van der Waals surface area contributed by atoms with E-state index in [1.807, 2.05) is 30.3 Å². The van der Waals surface area contributed by atoms with Gasteiger partial charge in [0.2, 0.25) is 0 Å². The predicted molar refractivity (Wildman–Crippen MR) is 102 cm³/mol. The maximum Gasteiger partial charge on any atom is 0.332 e. The Balaban J connectivity index is 1.67. The van der Waals surface area contributed by atoms with Crippen molar-refractivity contribution in [3.05, 3.63) is 71.8 Å². The molecule has 8 nitrogen and oxygen atoms in total. The first kappa shape index (κ1) is 20.1. The lowest BCUT2D eigenvalue weighted by atomic mass is 10.1. The van der Waals surface area contributed by atoms with Crippen molar-refractivity contribution in [3.8, 4) is 0 Å². The molecule has 0 spiro atoms. The molecular weight excluding hydrogens is 377 g/mol. The summed E-state index contributed by atoms with van der Waals surface area (Å²) in [6.07, 6.45) is 0.512. The van der Waals surface area contributed by atoms with Crippen molar-refractivity contribution in [2.75, 3.05) is 5.32 Å². The molecular formula is C20H20FN5O3. The minimum atomic E-state index is -1.10. The van der Waals surface area contributed by atoms with Gasteiger partial charge in [-0.3, -0.25) is 4.79 Å². The predicted octanol–water partition coefficient (Wildman–Crippen LogP) is 2.47. The number of ether oxygens (including phenoxy) is 1. The molecule has 0 aliphatic carbocycles. The molecule has 0 saturated heterocycles. The lowest BCUT2D eigenvalue weighted by Gasteiger charge is -2.19. The average Bonchev–Trinajstić information content (AvgIpc) is 3.24. The number of anilines is 1. The van der Waals surface area contributed by atoms with E-state index in [9.17, 15) is 14.0 Å². The highest BCUT2D eigenvalue weighted by Crippen LogP contribution is 2.17. The molecule has 0 aliphatic heterocycles. The molecule has 9 heteroatoms. The number of hydrogen-bond acceptors (Lipinski definition) is 6. The van der Waals surface area contributed by atoms with Gasteiger partial charge in [0.15, 0.2) is 12.1 Å². The molecule has 2 aromatic carbocycles. The van der Waals surface area contributed by atoms with E-state index in [0.717, 1.165) is 5.56 Å². The topological polar surface area (TPSA) is 99.0 Å². The number of aryl methyl sites for hydroxylation is 1. The summed E-state index contributed by atoms with van der Waals surface area (Å²) >= 11 is 0. The van der Waals surface area contributed by atoms with Crippen LogP contribution in [0.5, 0.6) is 0 Å². The average molecular weight is 397 g/mol. The highest BCUT2D eigenvalue weighted by molar-refractivity contribution is 5.95. The van der Waals surface area contributed by atoms with E-state index in [4.69, 9.17) is 4.74 Å². The number of nitrogens with one attached hydrogen (secondary N) is 1. The summed E-state index contributed by atoms with van der Waals surface area (Å²) in [5.74, 6) is -1.66. The molecule has 1 amide bonds. The third-order valence-corrected chi connectivity index (χ3v) is 4.33. The van der Waals surface area contributed by atoms with E-state index in [1.54, 1.807) is 19.1 Å². The monoisotopic (exact) mass is 397 g/mol. The minimum Gasteiger partial charge on any atom is -0.451 e. The summed E-state index contributed by atoms with van der Waals surface area (Å²) in [4.78, 5) is 25.1. The summed E-state index contributed by atoms with van der Waals surface area (Å²) in [5.41, 5.74) is 1.63. The molecule has 0 unspecified atom stereocenters. The number of hydrogen-bond donors (Lipinski definition) is 1. The van der Waals surface area contributed by atoms with Crippen LogP contribution in [0, 0.1) is 12.7 Å². The Morgan fingerprint density at radius 1 is 1.21 bits per heavy atom. The number of tetrazole rings is 1. The Labute approximate surface area is 166 Å². The summed E-state index contributed by atoms with van der Waals surface area (Å²) in [7, 11) is 0. The lowest BCUT2D eigenvalue weighted by molar-refractivity contribution is -0.156. The summed E-state index contributed by atoms with van der Waals surface area (Å²) < 4.78 is 20.3. The smallest absolute Gasteiger partial charge is 0.332 e. The Morgan fingerprint density at radius 3 is 2.62 bits per heavy atom. The molecule has 0 aliphatic rings. The second kappa shape index (κ2) is 9.05. The van der Waals surface area contributed by atoms with Crippen LogP contribution < -0.4 is 5.32 Å². The molecule has 29 heavy (non-hydrogen) atoms. The van der Waals surface area contributed by atoms with Gasteiger partial charge in [-0.15, -0.1) is 5.10 Å². The largest absolute Gasteiger partial charge is 0.451 e. The zero-order chi connectivity index (χ0) is 20.8. The van der Waals surface area contributed by atoms with Gasteiger partial charge < -0.3 is 10.1 Å². The van der Waals surface area contributed by atoms with Crippen molar-refractivity contribution in [1.29, 1.82) is 0 Å². The van der Waals surface area contributed by atoms with Crippen molar-refractivity contribution in [2.24, 2.45) is 0 Å². The third-order valence-electron chi connectivity index (χ3n) is 4.33. The highest BCUT2D eigenvalue weighted by atomic mass is 19.1. The van der Waals surface area contributed by atoms with Crippen LogP contribution in [0.15, 0.2) is 54.9 Å². The van der Waals surface area contributed by atoms with E-state index in [0.29, 0.717) is 12.0 Å². The fraction of sp³-hybridized carbons (Fsp3) is 0.250. The Morgan fingerprint density at radius 2 is 1.97 bits per heavy atom. The standard InChI is InChI=1S/C20H20FN5O3/c1-13-8-9-16(11-17(13)21)23-19(27)14(2)29-20(28)18(26-12-22-24-25-26)10-15-6-4-3-5-7-15/h3-9,11-12,14,18H,10H2,1-2H3,(H,23,27)/t14-,18-/m0/s1. The highest BCUT2D eigenvalue weighted by Gasteiger charge is 2.28. The molecule has 1 heterocycles. The van der Waals surface area contributed by atoms with Crippen molar-refractivity contribution >= 4 is 17.6 Å². The van der Waals surface area contributed by atoms with Gasteiger partial charge in [-0.2, -0.15) is 0 Å². The maximum atomic E-state index is 13.7. The minimum absolute atomic E-state index is 0.280. The zero-order valence-corrected chi connectivity index (χ0v) is 15.9. The van der Waals surface area contributed by atoms with E-state index in [-0.39, 0.29) is 5.69 Å². The number of carbonyl (C=O) groups excluding carboxylic acids is 2. The third kappa shape index (κ3) is 5.22. The molecule has 2 atom stereocenters. The molecule has 1 aromatic heterocycles. The number of esters is 1. The number of benzene rings is 2. The normalized spacial score (nSPS) is 12.8. The molecule has 0 fully saturated rings. The van der Waals surface area contributed by atoms with Crippen LogP contribution in [0.2, 0.25) is 0 Å². The van der Waals surface area contributed by atoms with Gasteiger partial charge in [-0.05, 0) is 47.5 Å². The van der Waals surface area contributed by atoms with Crippen LogP contribution in [0.3, 0.4) is 0 Å². The van der Waals surface area contributed by atoms with Crippen LogP contribution in [0.1, 0.15) is 24.1 Å². The SMILES string of the molecule is Cc1ccc(NC(=O)[C@H](C)OC(=O)[C@H](Cc2ccccc2)n2cnnn2)cc1F. The van der Waals surface area contributed by atoms with Gasteiger partial charge in [0.25, 0.3) is 5.91 Å². The van der Waals surface area contributed by atoms with Crippen molar-refractivity contribution < 1.29 is 18.7 Å². The molecule has 150 valence electrons. The van der Waals surface area contributed by atoms with Gasteiger partial charge in [-0.25, -0.2) is 13.9 Å².